The van der Waals surface area contributed by atoms with Crippen molar-refractivity contribution >= 4 is 27.3 Å². The van der Waals surface area contributed by atoms with Gasteiger partial charge in [-0.2, -0.15) is 0 Å². The van der Waals surface area contributed by atoms with Crippen molar-refractivity contribution in [2.75, 3.05) is 19.8 Å². The molecule has 1 aliphatic rings. The van der Waals surface area contributed by atoms with Gasteiger partial charge in [0.25, 0.3) is 0 Å². The molecule has 0 spiro atoms. The van der Waals surface area contributed by atoms with Crippen molar-refractivity contribution in [1.82, 2.24) is 4.98 Å². The Morgan fingerprint density at radius 1 is 1.44 bits per heavy atom. The molecule has 5 heteroatoms. The summed E-state index contributed by atoms with van der Waals surface area (Å²) in [6.07, 6.45) is 0. The maximum absolute atomic E-state index is 5.85. The van der Waals surface area contributed by atoms with Crippen molar-refractivity contribution in [3.63, 3.8) is 0 Å². The number of nitrogens with two attached hydrogens (primary N) is 1. The predicted molar refractivity (Wildman–Crippen MR) is 76.8 cm³/mol. The van der Waals surface area contributed by atoms with Gasteiger partial charge < -0.3 is 10.5 Å². The maximum atomic E-state index is 5.85. The van der Waals surface area contributed by atoms with Crippen molar-refractivity contribution in [1.29, 1.82) is 0 Å². The Kier molecular flexibility index (Phi) is 3.23. The fourth-order valence-electron chi connectivity index (χ4n) is 1.99. The SMILES string of the molecule is NCC1(c2csc(-c3cccc(Br)c3)n2)COC1. The van der Waals surface area contributed by atoms with Gasteiger partial charge in [0, 0.05) is 22.0 Å². The number of nitrogens with zero attached hydrogens (tertiary/aromatic N) is 1. The predicted octanol–water partition coefficient (Wildman–Crippen LogP) is 2.80. The minimum atomic E-state index is -0.0548. The molecular formula is C13H13BrN2OS. The Morgan fingerprint density at radius 2 is 2.28 bits per heavy atom. The molecule has 1 aromatic carbocycles. The zero-order valence-electron chi connectivity index (χ0n) is 9.73. The van der Waals surface area contributed by atoms with Gasteiger partial charge in [-0.15, -0.1) is 11.3 Å². The standard InChI is InChI=1S/C13H13BrN2OS/c14-10-3-1-2-9(4-10)12-16-11(5-18-12)13(6-15)7-17-8-13/h1-5H,6-8,15H2. The Hall–Kier alpha value is -0.750. The van der Waals surface area contributed by atoms with Crippen LogP contribution in [-0.2, 0) is 10.2 Å². The van der Waals surface area contributed by atoms with E-state index in [1.54, 1.807) is 11.3 Å². The van der Waals surface area contributed by atoms with Gasteiger partial charge in [-0.25, -0.2) is 4.98 Å². The molecule has 0 saturated carbocycles. The average Bonchev–Trinajstić information content (AvgIpc) is 2.78. The van der Waals surface area contributed by atoms with Crippen LogP contribution in [0.25, 0.3) is 10.6 Å². The van der Waals surface area contributed by atoms with Crippen molar-refractivity contribution in [3.8, 4) is 10.6 Å². The van der Waals surface area contributed by atoms with E-state index in [4.69, 9.17) is 15.5 Å². The molecule has 3 rings (SSSR count). The molecule has 3 nitrogen and oxygen atoms in total. The van der Waals surface area contributed by atoms with Gasteiger partial charge >= 0.3 is 0 Å². The molecule has 0 bridgehead atoms. The molecule has 2 N–H and O–H groups in total. The summed E-state index contributed by atoms with van der Waals surface area (Å²) < 4.78 is 6.36. The van der Waals surface area contributed by atoms with Crippen LogP contribution in [0.2, 0.25) is 0 Å². The molecule has 1 aliphatic heterocycles. The summed E-state index contributed by atoms with van der Waals surface area (Å²) in [5.74, 6) is 0. The summed E-state index contributed by atoms with van der Waals surface area (Å²) >= 11 is 5.14. The van der Waals surface area contributed by atoms with Crippen LogP contribution in [0.3, 0.4) is 0 Å². The van der Waals surface area contributed by atoms with Crippen LogP contribution >= 0.6 is 27.3 Å². The van der Waals surface area contributed by atoms with Crippen molar-refractivity contribution < 1.29 is 4.74 Å². The van der Waals surface area contributed by atoms with Crippen LogP contribution in [0.5, 0.6) is 0 Å². The minimum absolute atomic E-state index is 0.0548. The lowest BCUT2D eigenvalue weighted by Crippen LogP contribution is -2.52. The fourth-order valence-corrected chi connectivity index (χ4v) is 3.33. The van der Waals surface area contributed by atoms with E-state index < -0.39 is 0 Å². The van der Waals surface area contributed by atoms with Crippen molar-refractivity contribution in [2.24, 2.45) is 5.73 Å². The highest BCUT2D eigenvalue weighted by atomic mass is 79.9. The van der Waals surface area contributed by atoms with Gasteiger partial charge in [-0.1, -0.05) is 28.1 Å². The molecule has 94 valence electrons. The van der Waals surface area contributed by atoms with E-state index in [9.17, 15) is 0 Å². The van der Waals surface area contributed by atoms with Crippen LogP contribution in [0, 0.1) is 0 Å². The largest absolute Gasteiger partial charge is 0.379 e. The van der Waals surface area contributed by atoms with Gasteiger partial charge in [0.05, 0.1) is 24.3 Å². The summed E-state index contributed by atoms with van der Waals surface area (Å²) in [5.41, 5.74) is 7.99. The van der Waals surface area contributed by atoms with E-state index >= 15 is 0 Å². The van der Waals surface area contributed by atoms with E-state index in [-0.39, 0.29) is 5.41 Å². The second-order valence-corrected chi connectivity index (χ2v) is 6.30. The molecule has 2 heterocycles. The van der Waals surface area contributed by atoms with Crippen LogP contribution in [0.15, 0.2) is 34.1 Å². The lowest BCUT2D eigenvalue weighted by atomic mass is 9.83. The van der Waals surface area contributed by atoms with E-state index in [0.29, 0.717) is 19.8 Å². The van der Waals surface area contributed by atoms with E-state index in [1.807, 2.05) is 12.1 Å². The van der Waals surface area contributed by atoms with Crippen LogP contribution < -0.4 is 5.73 Å². The van der Waals surface area contributed by atoms with Crippen molar-refractivity contribution in [2.45, 2.75) is 5.41 Å². The number of benzene rings is 1. The smallest absolute Gasteiger partial charge is 0.123 e. The number of thiazole rings is 1. The third-order valence-electron chi connectivity index (χ3n) is 3.27. The van der Waals surface area contributed by atoms with Gasteiger partial charge in [-0.05, 0) is 12.1 Å². The molecule has 18 heavy (non-hydrogen) atoms. The van der Waals surface area contributed by atoms with Crippen LogP contribution in [0.1, 0.15) is 5.69 Å². The molecule has 1 aromatic heterocycles. The van der Waals surface area contributed by atoms with Gasteiger partial charge in [0.15, 0.2) is 0 Å². The molecular weight excluding hydrogens is 312 g/mol. The van der Waals surface area contributed by atoms with Crippen LogP contribution in [-0.4, -0.2) is 24.7 Å². The summed E-state index contributed by atoms with van der Waals surface area (Å²) in [6.45, 7) is 1.96. The zero-order chi connectivity index (χ0) is 12.6. The Morgan fingerprint density at radius 3 is 2.89 bits per heavy atom. The summed E-state index contributed by atoms with van der Waals surface area (Å²) in [5, 5.41) is 3.14. The number of aromatic nitrogens is 1. The van der Waals surface area contributed by atoms with Gasteiger partial charge in [0.2, 0.25) is 0 Å². The number of hydrogen-bond donors (Lipinski definition) is 1. The highest BCUT2D eigenvalue weighted by Gasteiger charge is 2.41. The second-order valence-electron chi connectivity index (χ2n) is 4.53. The normalized spacial score (nSPS) is 17.4. The van der Waals surface area contributed by atoms with Crippen molar-refractivity contribution in [3.05, 3.63) is 39.8 Å². The van der Waals surface area contributed by atoms with E-state index in [2.05, 4.69) is 33.4 Å². The Labute approximate surface area is 118 Å². The zero-order valence-corrected chi connectivity index (χ0v) is 12.1. The topological polar surface area (TPSA) is 48.1 Å². The van der Waals surface area contributed by atoms with Gasteiger partial charge in [0.1, 0.15) is 5.01 Å². The number of hydrogen-bond acceptors (Lipinski definition) is 4. The number of halogens is 1. The first kappa shape index (κ1) is 12.3. The Bertz CT molecular complexity index is 560. The van der Waals surface area contributed by atoms with E-state index in [1.165, 1.54) is 0 Å². The first-order valence-electron chi connectivity index (χ1n) is 5.73. The number of rotatable bonds is 3. The lowest BCUT2D eigenvalue weighted by molar-refractivity contribution is -0.0568. The van der Waals surface area contributed by atoms with Gasteiger partial charge in [-0.3, -0.25) is 0 Å². The van der Waals surface area contributed by atoms with Crippen LogP contribution in [0.4, 0.5) is 0 Å². The average molecular weight is 325 g/mol. The second kappa shape index (κ2) is 4.74. The molecule has 0 aliphatic carbocycles. The highest BCUT2D eigenvalue weighted by Crippen LogP contribution is 2.35. The summed E-state index contributed by atoms with van der Waals surface area (Å²) in [6, 6.07) is 8.18. The molecule has 2 aromatic rings. The van der Waals surface area contributed by atoms with E-state index in [0.717, 1.165) is 20.7 Å². The number of ether oxygens (including phenoxy) is 1. The first-order valence-corrected chi connectivity index (χ1v) is 7.40. The quantitative estimate of drug-likeness (QED) is 0.944. The molecule has 1 saturated heterocycles. The maximum Gasteiger partial charge on any atom is 0.123 e. The third-order valence-corrected chi connectivity index (χ3v) is 4.65. The molecule has 1 fully saturated rings. The first-order chi connectivity index (χ1) is 8.73. The third kappa shape index (κ3) is 2.01. The molecule has 0 unspecified atom stereocenters. The molecule has 0 atom stereocenters. The highest BCUT2D eigenvalue weighted by molar-refractivity contribution is 9.10. The monoisotopic (exact) mass is 324 g/mol. The fraction of sp³-hybridized carbons (Fsp3) is 0.308. The Balaban J connectivity index is 1.94. The molecule has 0 radical (unpaired) electrons. The summed E-state index contributed by atoms with van der Waals surface area (Å²) in [7, 11) is 0. The minimum Gasteiger partial charge on any atom is -0.379 e. The molecule has 0 amide bonds. The summed E-state index contributed by atoms with van der Waals surface area (Å²) in [4.78, 5) is 4.72. The lowest BCUT2D eigenvalue weighted by Gasteiger charge is -2.39.